The molecule has 1 N–H and O–H groups in total. The van der Waals surface area contributed by atoms with Crippen molar-refractivity contribution in [3.63, 3.8) is 0 Å². The fraction of sp³-hybridized carbons (Fsp3) is 0.440. The molecule has 2 amide bonds. The smallest absolute Gasteiger partial charge is 0.257 e. The summed E-state index contributed by atoms with van der Waals surface area (Å²) in [6, 6.07) is 11.3. The van der Waals surface area contributed by atoms with E-state index >= 15 is 0 Å². The second-order valence-electron chi connectivity index (χ2n) is 9.09. The maximum atomic E-state index is 13.2. The van der Waals surface area contributed by atoms with Gasteiger partial charge in [0.05, 0.1) is 17.1 Å². The van der Waals surface area contributed by atoms with E-state index in [0.717, 1.165) is 45.1 Å². The first-order chi connectivity index (χ1) is 16.4. The minimum Gasteiger partial charge on any atom is -0.493 e. The van der Waals surface area contributed by atoms with E-state index in [1.165, 1.54) is 28.6 Å². The molecular formula is C25H29N3O5S. The monoisotopic (exact) mass is 483 g/mol. The molecule has 34 heavy (non-hydrogen) atoms. The molecule has 2 aromatic rings. The second-order valence-corrected chi connectivity index (χ2v) is 11.0. The van der Waals surface area contributed by atoms with Crippen LogP contribution in [0.3, 0.4) is 0 Å². The Morgan fingerprint density at radius 2 is 1.68 bits per heavy atom. The van der Waals surface area contributed by atoms with E-state index in [2.05, 4.69) is 5.32 Å². The van der Waals surface area contributed by atoms with Gasteiger partial charge in [-0.25, -0.2) is 8.42 Å². The minimum absolute atomic E-state index is 0.0630. The quantitative estimate of drug-likeness (QED) is 0.718. The molecule has 1 unspecified atom stereocenters. The predicted octanol–water partition coefficient (Wildman–Crippen LogP) is 3.50. The highest BCUT2D eigenvalue weighted by atomic mass is 32.2. The average Bonchev–Trinajstić information content (AvgIpc) is 3.40. The number of hydrogen-bond donors (Lipinski definition) is 1. The van der Waals surface area contributed by atoms with Crippen LogP contribution in [0.15, 0.2) is 47.4 Å². The Balaban J connectivity index is 1.33. The first kappa shape index (κ1) is 22.9. The number of nitrogens with one attached hydrogen (secondary N) is 1. The Hall–Kier alpha value is -2.91. The molecule has 2 fully saturated rings. The lowest BCUT2D eigenvalue weighted by atomic mass is 9.97. The normalized spacial score (nSPS) is 21.1. The van der Waals surface area contributed by atoms with Crippen molar-refractivity contribution in [2.45, 2.75) is 49.5 Å². The molecule has 1 atom stereocenters. The van der Waals surface area contributed by atoms with Crippen LogP contribution in [-0.4, -0.2) is 61.7 Å². The van der Waals surface area contributed by atoms with Crippen molar-refractivity contribution in [3.05, 3.63) is 53.6 Å². The molecule has 3 aliphatic heterocycles. The Bertz CT molecular complexity index is 1190. The number of anilines is 1. The molecule has 5 rings (SSSR count). The van der Waals surface area contributed by atoms with E-state index in [-0.39, 0.29) is 22.8 Å². The molecule has 0 saturated carbocycles. The van der Waals surface area contributed by atoms with Crippen LogP contribution in [0.4, 0.5) is 5.69 Å². The summed E-state index contributed by atoms with van der Waals surface area (Å²) in [7, 11) is -3.53. The first-order valence-electron chi connectivity index (χ1n) is 11.9. The largest absolute Gasteiger partial charge is 0.493 e. The van der Waals surface area contributed by atoms with E-state index in [1.54, 1.807) is 18.2 Å². The summed E-state index contributed by atoms with van der Waals surface area (Å²) >= 11 is 0. The van der Waals surface area contributed by atoms with Gasteiger partial charge in [-0.15, -0.1) is 0 Å². The summed E-state index contributed by atoms with van der Waals surface area (Å²) in [4.78, 5) is 28.2. The highest BCUT2D eigenvalue weighted by molar-refractivity contribution is 7.89. The van der Waals surface area contributed by atoms with Gasteiger partial charge in [0.2, 0.25) is 10.0 Å². The molecule has 0 bridgehead atoms. The molecule has 2 aromatic carbocycles. The molecule has 180 valence electrons. The fourth-order valence-electron chi connectivity index (χ4n) is 4.99. The summed E-state index contributed by atoms with van der Waals surface area (Å²) in [6.45, 7) is 2.36. The van der Waals surface area contributed by atoms with Crippen LogP contribution in [0.2, 0.25) is 0 Å². The third kappa shape index (κ3) is 4.42. The predicted molar refractivity (Wildman–Crippen MR) is 128 cm³/mol. The van der Waals surface area contributed by atoms with Gasteiger partial charge in [-0.3, -0.25) is 9.59 Å². The number of nitrogens with zero attached hydrogens (tertiary/aromatic N) is 2. The molecule has 0 aromatic heterocycles. The standard InChI is InChI=1S/C25H29N3O5S/c29-24(18-6-9-21(10-7-18)34(31,32)27-13-3-4-14-27)26-19-8-11-23-22(17-19)25(30)28-15-2-1-5-20(28)12-16-33-23/h6-11,17,20H,1-5,12-16H2,(H,26,29). The summed E-state index contributed by atoms with van der Waals surface area (Å²) in [6.07, 6.45) is 5.67. The van der Waals surface area contributed by atoms with Crippen molar-refractivity contribution in [2.24, 2.45) is 0 Å². The van der Waals surface area contributed by atoms with Crippen molar-refractivity contribution in [3.8, 4) is 5.75 Å². The van der Waals surface area contributed by atoms with Gasteiger partial charge < -0.3 is 15.0 Å². The number of ether oxygens (including phenoxy) is 1. The highest BCUT2D eigenvalue weighted by Gasteiger charge is 2.31. The number of sulfonamides is 1. The van der Waals surface area contributed by atoms with Gasteiger partial charge in [-0.05, 0) is 74.6 Å². The lowest BCUT2D eigenvalue weighted by Gasteiger charge is -2.37. The van der Waals surface area contributed by atoms with Gasteiger partial charge in [-0.2, -0.15) is 4.31 Å². The molecular weight excluding hydrogens is 454 g/mol. The number of carbonyl (C=O) groups is 2. The van der Waals surface area contributed by atoms with Gasteiger partial charge in [0, 0.05) is 43.3 Å². The number of fused-ring (bicyclic) bond motifs is 2. The number of amides is 2. The number of carbonyl (C=O) groups excluding carboxylic acids is 2. The number of piperidine rings is 1. The zero-order chi connectivity index (χ0) is 23.7. The van der Waals surface area contributed by atoms with E-state index in [0.29, 0.717) is 42.3 Å². The molecule has 3 aliphatic rings. The van der Waals surface area contributed by atoms with Crippen LogP contribution in [0, 0.1) is 0 Å². The molecule has 0 aliphatic carbocycles. The molecule has 0 radical (unpaired) electrons. The van der Waals surface area contributed by atoms with Crippen molar-refractivity contribution in [1.29, 1.82) is 0 Å². The van der Waals surface area contributed by atoms with Gasteiger partial charge in [-0.1, -0.05) is 0 Å². The van der Waals surface area contributed by atoms with Crippen LogP contribution in [0.1, 0.15) is 59.2 Å². The summed E-state index contributed by atoms with van der Waals surface area (Å²) in [5, 5.41) is 2.83. The van der Waals surface area contributed by atoms with Gasteiger partial charge in [0.15, 0.2) is 0 Å². The summed E-state index contributed by atoms with van der Waals surface area (Å²) in [5.74, 6) is 0.0931. The molecule has 9 heteroatoms. The van der Waals surface area contributed by atoms with E-state index in [4.69, 9.17) is 4.74 Å². The van der Waals surface area contributed by atoms with Gasteiger partial charge in [0.1, 0.15) is 5.75 Å². The van der Waals surface area contributed by atoms with Crippen LogP contribution in [-0.2, 0) is 10.0 Å². The van der Waals surface area contributed by atoms with Crippen molar-refractivity contribution >= 4 is 27.5 Å². The Labute approximate surface area is 199 Å². The molecule has 3 heterocycles. The zero-order valence-corrected chi connectivity index (χ0v) is 19.9. The minimum atomic E-state index is -3.53. The molecule has 8 nitrogen and oxygen atoms in total. The van der Waals surface area contributed by atoms with E-state index < -0.39 is 10.0 Å². The molecule has 2 saturated heterocycles. The third-order valence-corrected chi connectivity index (χ3v) is 8.80. The van der Waals surface area contributed by atoms with Gasteiger partial charge in [0.25, 0.3) is 11.8 Å². The van der Waals surface area contributed by atoms with E-state index in [1.807, 2.05) is 4.90 Å². The lowest BCUT2D eigenvalue weighted by Crippen LogP contribution is -2.45. The lowest BCUT2D eigenvalue weighted by molar-refractivity contribution is 0.0548. The Kier molecular flexibility index (Phi) is 6.31. The average molecular weight is 484 g/mol. The molecule has 0 spiro atoms. The Morgan fingerprint density at radius 3 is 2.44 bits per heavy atom. The highest BCUT2D eigenvalue weighted by Crippen LogP contribution is 2.31. The third-order valence-electron chi connectivity index (χ3n) is 6.88. The van der Waals surface area contributed by atoms with Crippen LogP contribution in [0.5, 0.6) is 5.75 Å². The number of rotatable bonds is 4. The van der Waals surface area contributed by atoms with Crippen LogP contribution >= 0.6 is 0 Å². The first-order valence-corrected chi connectivity index (χ1v) is 13.4. The number of hydrogen-bond acceptors (Lipinski definition) is 5. The second kappa shape index (κ2) is 9.38. The fourth-order valence-corrected chi connectivity index (χ4v) is 6.50. The van der Waals surface area contributed by atoms with Crippen LogP contribution in [0.25, 0.3) is 0 Å². The zero-order valence-electron chi connectivity index (χ0n) is 19.0. The Morgan fingerprint density at radius 1 is 0.941 bits per heavy atom. The SMILES string of the molecule is O=C(Nc1ccc2c(c1)C(=O)N1CCCCC1CCO2)c1ccc(S(=O)(=O)N2CCCC2)cc1. The number of benzene rings is 2. The topological polar surface area (TPSA) is 96.0 Å². The summed E-state index contributed by atoms with van der Waals surface area (Å²) in [5.41, 5.74) is 1.28. The van der Waals surface area contributed by atoms with Crippen molar-refractivity contribution in [1.82, 2.24) is 9.21 Å². The van der Waals surface area contributed by atoms with Gasteiger partial charge >= 0.3 is 0 Å². The maximum absolute atomic E-state index is 13.2. The maximum Gasteiger partial charge on any atom is 0.257 e. The van der Waals surface area contributed by atoms with Crippen LogP contribution < -0.4 is 10.1 Å². The van der Waals surface area contributed by atoms with E-state index in [9.17, 15) is 18.0 Å². The van der Waals surface area contributed by atoms with Crippen molar-refractivity contribution < 1.29 is 22.7 Å². The summed E-state index contributed by atoms with van der Waals surface area (Å²) < 4.78 is 32.7. The van der Waals surface area contributed by atoms with Crippen molar-refractivity contribution in [2.75, 3.05) is 31.6 Å².